The van der Waals surface area contributed by atoms with E-state index < -0.39 is 14.9 Å². The van der Waals surface area contributed by atoms with Gasteiger partial charge < -0.3 is 5.32 Å². The van der Waals surface area contributed by atoms with Crippen LogP contribution >= 0.6 is 0 Å². The van der Waals surface area contributed by atoms with Gasteiger partial charge in [-0.05, 0) is 30.7 Å². The van der Waals surface area contributed by atoms with Crippen molar-refractivity contribution < 1.29 is 13.3 Å². The van der Waals surface area contributed by atoms with E-state index in [4.69, 9.17) is 0 Å². The molecule has 1 aromatic heterocycles. The molecule has 0 aliphatic heterocycles. The van der Waals surface area contributed by atoms with Gasteiger partial charge >= 0.3 is 0 Å². The lowest BCUT2D eigenvalue weighted by molar-refractivity contribution is -0.385. The lowest BCUT2D eigenvalue weighted by Gasteiger charge is -2.15. The highest BCUT2D eigenvalue weighted by atomic mass is 32.2. The van der Waals surface area contributed by atoms with Gasteiger partial charge in [0.1, 0.15) is 12.0 Å². The van der Waals surface area contributed by atoms with Gasteiger partial charge in [0.05, 0.1) is 9.82 Å². The van der Waals surface area contributed by atoms with Crippen LogP contribution in [0.4, 0.5) is 17.2 Å². The molecule has 1 heterocycles. The lowest BCUT2D eigenvalue weighted by atomic mass is 10.2. The molecule has 122 valence electrons. The summed E-state index contributed by atoms with van der Waals surface area (Å²) in [7, 11) is -0.627. The van der Waals surface area contributed by atoms with Gasteiger partial charge in [0, 0.05) is 25.8 Å². The lowest BCUT2D eigenvalue weighted by Crippen LogP contribution is -2.23. The molecule has 0 spiro atoms. The number of nitrogens with one attached hydrogen (secondary N) is 1. The molecule has 0 aliphatic carbocycles. The predicted molar refractivity (Wildman–Crippen MR) is 86.2 cm³/mol. The van der Waals surface area contributed by atoms with Crippen molar-refractivity contribution in [1.82, 2.24) is 9.29 Å². The normalized spacial score (nSPS) is 11.5. The third-order valence-electron chi connectivity index (χ3n) is 3.18. The Morgan fingerprint density at radius 1 is 1.22 bits per heavy atom. The summed E-state index contributed by atoms with van der Waals surface area (Å²) in [5, 5.41) is 13.5. The van der Waals surface area contributed by atoms with E-state index in [1.54, 1.807) is 19.1 Å². The Morgan fingerprint density at radius 2 is 1.91 bits per heavy atom. The van der Waals surface area contributed by atoms with Crippen molar-refractivity contribution in [3.05, 3.63) is 52.2 Å². The number of anilines is 2. The minimum Gasteiger partial charge on any atom is -0.340 e. The van der Waals surface area contributed by atoms with Crippen LogP contribution in [-0.4, -0.2) is 36.7 Å². The minimum atomic E-state index is -3.56. The van der Waals surface area contributed by atoms with E-state index in [1.807, 2.05) is 0 Å². The molecule has 0 saturated heterocycles. The molecule has 0 fully saturated rings. The summed E-state index contributed by atoms with van der Waals surface area (Å²) in [5.41, 5.74) is 1.04. The Hall–Kier alpha value is -2.52. The van der Waals surface area contributed by atoms with Gasteiger partial charge in [0.25, 0.3) is 5.69 Å². The van der Waals surface area contributed by atoms with Crippen LogP contribution in [0.2, 0.25) is 0 Å². The molecular weight excluding hydrogens is 320 g/mol. The van der Waals surface area contributed by atoms with Crippen molar-refractivity contribution in [1.29, 1.82) is 0 Å². The second-order valence-electron chi connectivity index (χ2n) is 5.05. The van der Waals surface area contributed by atoms with Crippen LogP contribution in [0.5, 0.6) is 0 Å². The standard InChI is InChI=1S/C14H16N4O4S/c1-10-4-5-11(8-13(10)23(21,22)17(2)3)16-14-7-6-12(9-15-14)18(19)20/h4-9H,1-3H3,(H,15,16). The molecule has 0 radical (unpaired) electrons. The molecule has 8 nitrogen and oxygen atoms in total. The van der Waals surface area contributed by atoms with Gasteiger partial charge in [-0.3, -0.25) is 10.1 Å². The van der Waals surface area contributed by atoms with Crippen molar-refractivity contribution in [3.63, 3.8) is 0 Å². The van der Waals surface area contributed by atoms with Gasteiger partial charge in [0.15, 0.2) is 0 Å². The summed E-state index contributed by atoms with van der Waals surface area (Å²) in [5.74, 6) is 0.382. The maximum absolute atomic E-state index is 12.3. The van der Waals surface area contributed by atoms with Gasteiger partial charge in [-0.1, -0.05) is 6.07 Å². The van der Waals surface area contributed by atoms with Gasteiger partial charge in [-0.25, -0.2) is 17.7 Å². The highest BCUT2D eigenvalue weighted by molar-refractivity contribution is 7.89. The maximum Gasteiger partial charge on any atom is 0.287 e. The van der Waals surface area contributed by atoms with E-state index in [0.717, 1.165) is 10.5 Å². The van der Waals surface area contributed by atoms with Gasteiger partial charge in [0.2, 0.25) is 10.0 Å². The zero-order chi connectivity index (χ0) is 17.2. The number of benzene rings is 1. The average molecular weight is 336 g/mol. The van der Waals surface area contributed by atoms with Gasteiger partial charge in [-0.2, -0.15) is 0 Å². The fourth-order valence-corrected chi connectivity index (χ4v) is 3.01. The number of nitrogens with zero attached hydrogens (tertiary/aromatic N) is 3. The summed E-state index contributed by atoms with van der Waals surface area (Å²) >= 11 is 0. The third kappa shape index (κ3) is 3.63. The monoisotopic (exact) mass is 336 g/mol. The smallest absolute Gasteiger partial charge is 0.287 e. The molecule has 0 aliphatic rings. The van der Waals surface area contributed by atoms with Crippen molar-refractivity contribution in [2.75, 3.05) is 19.4 Å². The summed E-state index contributed by atoms with van der Waals surface area (Å²) in [6.07, 6.45) is 1.13. The highest BCUT2D eigenvalue weighted by Crippen LogP contribution is 2.24. The van der Waals surface area contributed by atoms with Gasteiger partial charge in [-0.15, -0.1) is 0 Å². The number of pyridine rings is 1. The Balaban J connectivity index is 2.33. The molecule has 1 N–H and O–H groups in total. The molecule has 23 heavy (non-hydrogen) atoms. The molecule has 0 unspecified atom stereocenters. The van der Waals surface area contributed by atoms with Crippen molar-refractivity contribution >= 4 is 27.2 Å². The molecule has 0 bridgehead atoms. The number of nitro groups is 1. The Bertz CT molecular complexity index is 832. The SMILES string of the molecule is Cc1ccc(Nc2ccc([N+](=O)[O-])cn2)cc1S(=O)(=O)N(C)C. The van der Waals surface area contributed by atoms with Crippen molar-refractivity contribution in [2.24, 2.45) is 0 Å². The summed E-state index contributed by atoms with van der Waals surface area (Å²) in [6.45, 7) is 1.71. The van der Waals surface area contributed by atoms with E-state index in [0.29, 0.717) is 17.1 Å². The van der Waals surface area contributed by atoms with E-state index in [-0.39, 0.29) is 10.6 Å². The zero-order valence-corrected chi connectivity index (χ0v) is 13.7. The fraction of sp³-hybridized carbons (Fsp3) is 0.214. The number of hydrogen-bond donors (Lipinski definition) is 1. The number of aryl methyl sites for hydroxylation is 1. The second-order valence-corrected chi connectivity index (χ2v) is 7.17. The first-order valence-corrected chi connectivity index (χ1v) is 8.06. The van der Waals surface area contributed by atoms with Crippen LogP contribution in [-0.2, 0) is 10.0 Å². The Labute approximate surface area is 134 Å². The number of rotatable bonds is 5. The van der Waals surface area contributed by atoms with Crippen LogP contribution in [0, 0.1) is 17.0 Å². The molecule has 1 aromatic carbocycles. The Kier molecular flexibility index (Phi) is 4.62. The first kappa shape index (κ1) is 16.8. The molecule has 0 amide bonds. The van der Waals surface area contributed by atoms with Crippen LogP contribution in [0.25, 0.3) is 0 Å². The van der Waals surface area contributed by atoms with Crippen molar-refractivity contribution in [2.45, 2.75) is 11.8 Å². The molecule has 2 rings (SSSR count). The van der Waals surface area contributed by atoms with Crippen LogP contribution < -0.4 is 5.32 Å². The highest BCUT2D eigenvalue weighted by Gasteiger charge is 2.20. The van der Waals surface area contributed by atoms with E-state index >= 15 is 0 Å². The first-order valence-electron chi connectivity index (χ1n) is 6.62. The zero-order valence-electron chi connectivity index (χ0n) is 12.8. The first-order chi connectivity index (χ1) is 10.7. The summed E-state index contributed by atoms with van der Waals surface area (Å²) in [6, 6.07) is 7.68. The average Bonchev–Trinajstić information content (AvgIpc) is 2.49. The van der Waals surface area contributed by atoms with E-state index in [2.05, 4.69) is 10.3 Å². The molecule has 9 heteroatoms. The molecule has 2 aromatic rings. The molecule has 0 atom stereocenters. The van der Waals surface area contributed by atoms with Crippen LogP contribution in [0.3, 0.4) is 0 Å². The topological polar surface area (TPSA) is 105 Å². The van der Waals surface area contributed by atoms with Crippen LogP contribution in [0.15, 0.2) is 41.4 Å². The predicted octanol–water partition coefficient (Wildman–Crippen LogP) is 2.29. The number of sulfonamides is 1. The van der Waals surface area contributed by atoms with E-state index in [1.165, 1.54) is 32.3 Å². The Morgan fingerprint density at radius 3 is 2.43 bits per heavy atom. The largest absolute Gasteiger partial charge is 0.340 e. The number of hydrogen-bond acceptors (Lipinski definition) is 6. The maximum atomic E-state index is 12.3. The van der Waals surface area contributed by atoms with Crippen molar-refractivity contribution in [3.8, 4) is 0 Å². The van der Waals surface area contributed by atoms with E-state index in [9.17, 15) is 18.5 Å². The summed E-state index contributed by atoms with van der Waals surface area (Å²) in [4.78, 5) is 14.2. The minimum absolute atomic E-state index is 0.115. The molecular formula is C14H16N4O4S. The third-order valence-corrected chi connectivity index (χ3v) is 5.13. The quantitative estimate of drug-likeness (QED) is 0.663. The number of aromatic nitrogens is 1. The van der Waals surface area contributed by atoms with Crippen LogP contribution in [0.1, 0.15) is 5.56 Å². The fourth-order valence-electron chi connectivity index (χ4n) is 1.87. The second kappa shape index (κ2) is 6.31. The molecule has 0 saturated carbocycles. The summed E-state index contributed by atoms with van der Waals surface area (Å²) < 4.78 is 25.7.